The van der Waals surface area contributed by atoms with E-state index in [9.17, 15) is 4.79 Å². The van der Waals surface area contributed by atoms with Gasteiger partial charge in [0.15, 0.2) is 0 Å². The summed E-state index contributed by atoms with van der Waals surface area (Å²) >= 11 is 0. The highest BCUT2D eigenvalue weighted by Gasteiger charge is 2.35. The Labute approximate surface area is 130 Å². The fourth-order valence-corrected chi connectivity index (χ4v) is 2.70. The number of nitrogens with two attached hydrogens (primary N) is 1. The monoisotopic (exact) mass is 296 g/mol. The maximum atomic E-state index is 12.9. The molecule has 0 aliphatic carbocycles. The van der Waals surface area contributed by atoms with Crippen LogP contribution < -0.4 is 15.4 Å². The van der Waals surface area contributed by atoms with Gasteiger partial charge in [0.05, 0.1) is 12.2 Å². The number of ether oxygens (including phenoxy) is 1. The van der Waals surface area contributed by atoms with Crippen LogP contribution in [0.5, 0.6) is 5.75 Å². The lowest BCUT2D eigenvalue weighted by atomic mass is 10.0. The molecule has 114 valence electrons. The zero-order valence-electron chi connectivity index (χ0n) is 12.9. The van der Waals surface area contributed by atoms with Crippen LogP contribution in [0.25, 0.3) is 0 Å². The molecule has 0 spiro atoms. The van der Waals surface area contributed by atoms with E-state index in [1.165, 1.54) is 0 Å². The summed E-state index contributed by atoms with van der Waals surface area (Å²) in [4.78, 5) is 14.6. The zero-order valence-corrected chi connectivity index (χ0v) is 12.9. The quantitative estimate of drug-likeness (QED) is 0.927. The third-order valence-corrected chi connectivity index (χ3v) is 3.74. The molecule has 3 rings (SSSR count). The van der Waals surface area contributed by atoms with E-state index in [1.54, 1.807) is 4.90 Å². The van der Waals surface area contributed by atoms with Crippen molar-refractivity contribution in [1.82, 2.24) is 0 Å². The number of rotatable bonds is 2. The highest BCUT2D eigenvalue weighted by molar-refractivity contribution is 6.07. The number of nitrogens with zero attached hydrogens (tertiary/aromatic N) is 1. The van der Waals surface area contributed by atoms with Crippen molar-refractivity contribution in [2.24, 2.45) is 5.73 Å². The summed E-state index contributed by atoms with van der Waals surface area (Å²) in [6, 6.07) is 15.1. The molecule has 4 heteroatoms. The van der Waals surface area contributed by atoms with Crippen molar-refractivity contribution in [3.8, 4) is 5.75 Å². The van der Waals surface area contributed by atoms with Gasteiger partial charge in [0.1, 0.15) is 11.4 Å². The van der Waals surface area contributed by atoms with Gasteiger partial charge in [-0.05, 0) is 43.7 Å². The minimum Gasteiger partial charge on any atom is -0.484 e. The average Bonchev–Trinajstić information content (AvgIpc) is 2.52. The molecule has 0 radical (unpaired) electrons. The maximum absolute atomic E-state index is 12.9. The van der Waals surface area contributed by atoms with Gasteiger partial charge in [-0.15, -0.1) is 0 Å². The number of carbonyl (C=O) groups is 1. The van der Waals surface area contributed by atoms with Crippen molar-refractivity contribution in [3.05, 3.63) is 59.7 Å². The third kappa shape index (κ3) is 2.70. The first-order valence-corrected chi connectivity index (χ1v) is 7.39. The van der Waals surface area contributed by atoms with Crippen LogP contribution in [-0.4, -0.2) is 18.1 Å². The normalized spacial score (nSPS) is 15.9. The molecule has 2 aromatic carbocycles. The number of benzene rings is 2. The molecule has 2 N–H and O–H groups in total. The van der Waals surface area contributed by atoms with Gasteiger partial charge in [-0.2, -0.15) is 0 Å². The maximum Gasteiger partial charge on any atom is 0.258 e. The molecule has 0 fully saturated rings. The first-order chi connectivity index (χ1) is 10.5. The molecule has 0 atom stereocenters. The van der Waals surface area contributed by atoms with Gasteiger partial charge in [0, 0.05) is 12.1 Å². The Morgan fingerprint density at radius 1 is 1.23 bits per heavy atom. The number of amides is 1. The Hall–Kier alpha value is -2.33. The molecule has 0 aromatic heterocycles. The molecule has 1 aliphatic heterocycles. The summed E-state index contributed by atoms with van der Waals surface area (Å²) in [6.45, 7) is 4.92. The number of hydrogen-bond donors (Lipinski definition) is 1. The highest BCUT2D eigenvalue weighted by atomic mass is 16.5. The third-order valence-electron chi connectivity index (χ3n) is 3.74. The lowest BCUT2D eigenvalue weighted by molar-refractivity contribution is 0.0836. The molecule has 1 heterocycles. The fourth-order valence-electron chi connectivity index (χ4n) is 2.70. The molecule has 0 unspecified atom stereocenters. The van der Waals surface area contributed by atoms with E-state index in [0.717, 1.165) is 11.3 Å². The van der Waals surface area contributed by atoms with Crippen LogP contribution in [-0.2, 0) is 6.54 Å². The second-order valence-corrected chi connectivity index (χ2v) is 6.13. The van der Waals surface area contributed by atoms with Crippen LogP contribution in [0.4, 0.5) is 5.69 Å². The summed E-state index contributed by atoms with van der Waals surface area (Å²) in [7, 11) is 0. The molecule has 0 saturated carbocycles. The summed E-state index contributed by atoms with van der Waals surface area (Å²) in [5, 5.41) is 0. The van der Waals surface area contributed by atoms with Crippen molar-refractivity contribution in [2.45, 2.75) is 26.0 Å². The van der Waals surface area contributed by atoms with E-state index < -0.39 is 5.60 Å². The van der Waals surface area contributed by atoms with Gasteiger partial charge in [-0.3, -0.25) is 4.79 Å². The number of carbonyl (C=O) groups excluding carboxylic acids is 1. The molecular formula is C18H20N2O2. The fraction of sp³-hybridized carbons (Fsp3) is 0.278. The lowest BCUT2D eigenvalue weighted by Crippen LogP contribution is -2.49. The van der Waals surface area contributed by atoms with E-state index >= 15 is 0 Å². The molecular weight excluding hydrogens is 276 g/mol. The number of hydrogen-bond acceptors (Lipinski definition) is 3. The van der Waals surface area contributed by atoms with Crippen LogP contribution in [0.3, 0.4) is 0 Å². The van der Waals surface area contributed by atoms with Gasteiger partial charge in [0.2, 0.25) is 0 Å². The van der Waals surface area contributed by atoms with Gasteiger partial charge in [-0.1, -0.05) is 24.3 Å². The predicted molar refractivity (Wildman–Crippen MR) is 87.2 cm³/mol. The Bertz CT molecular complexity index is 695. The average molecular weight is 296 g/mol. The molecule has 4 nitrogen and oxygen atoms in total. The zero-order chi connectivity index (χ0) is 15.7. The van der Waals surface area contributed by atoms with Gasteiger partial charge >= 0.3 is 0 Å². The summed E-state index contributed by atoms with van der Waals surface area (Å²) in [5.41, 5.74) is 7.72. The van der Waals surface area contributed by atoms with Crippen molar-refractivity contribution < 1.29 is 9.53 Å². The first kappa shape index (κ1) is 14.6. The van der Waals surface area contributed by atoms with Crippen LogP contribution in [0, 0.1) is 0 Å². The predicted octanol–water partition coefficient (Wildman–Crippen LogP) is 2.96. The molecule has 0 saturated heterocycles. The Balaban J connectivity index is 2.04. The largest absolute Gasteiger partial charge is 0.484 e. The van der Waals surface area contributed by atoms with Crippen LogP contribution in [0.2, 0.25) is 0 Å². The summed E-state index contributed by atoms with van der Waals surface area (Å²) in [5.74, 6) is 0.696. The minimum atomic E-state index is -0.440. The van der Waals surface area contributed by atoms with Gasteiger partial charge in [-0.25, -0.2) is 0 Å². The van der Waals surface area contributed by atoms with E-state index in [-0.39, 0.29) is 5.91 Å². The van der Waals surface area contributed by atoms with E-state index in [1.807, 2.05) is 62.4 Å². The highest BCUT2D eigenvalue weighted by Crippen LogP contribution is 2.38. The molecule has 2 aromatic rings. The molecule has 0 bridgehead atoms. The second kappa shape index (κ2) is 5.46. The topological polar surface area (TPSA) is 55.6 Å². The van der Waals surface area contributed by atoms with Crippen molar-refractivity contribution in [2.75, 3.05) is 11.4 Å². The second-order valence-electron chi connectivity index (χ2n) is 6.13. The summed E-state index contributed by atoms with van der Waals surface area (Å²) < 4.78 is 6.03. The van der Waals surface area contributed by atoms with E-state index in [2.05, 4.69) is 0 Å². The molecule has 22 heavy (non-hydrogen) atoms. The summed E-state index contributed by atoms with van der Waals surface area (Å²) in [6.07, 6.45) is 0. The smallest absolute Gasteiger partial charge is 0.258 e. The molecule has 1 amide bonds. The standard InChI is InChI=1S/C18H20N2O2/c1-18(2)12-20(17(21)14-6-4-3-5-7-14)15-9-8-13(11-19)10-16(15)22-18/h3-10H,11-12,19H2,1-2H3. The van der Waals surface area contributed by atoms with Crippen LogP contribution in [0.15, 0.2) is 48.5 Å². The van der Waals surface area contributed by atoms with Crippen molar-refractivity contribution in [1.29, 1.82) is 0 Å². The Morgan fingerprint density at radius 2 is 1.95 bits per heavy atom. The Morgan fingerprint density at radius 3 is 2.64 bits per heavy atom. The van der Waals surface area contributed by atoms with Crippen LogP contribution >= 0.6 is 0 Å². The minimum absolute atomic E-state index is 0.0151. The SMILES string of the molecule is CC1(C)CN(C(=O)c2ccccc2)c2ccc(CN)cc2O1. The van der Waals surface area contributed by atoms with Crippen molar-refractivity contribution in [3.63, 3.8) is 0 Å². The van der Waals surface area contributed by atoms with Gasteiger partial charge in [0.25, 0.3) is 5.91 Å². The van der Waals surface area contributed by atoms with E-state index in [4.69, 9.17) is 10.5 Å². The number of fused-ring (bicyclic) bond motifs is 1. The Kier molecular flexibility index (Phi) is 3.62. The van der Waals surface area contributed by atoms with Crippen molar-refractivity contribution >= 4 is 11.6 Å². The lowest BCUT2D eigenvalue weighted by Gasteiger charge is -2.40. The molecule has 1 aliphatic rings. The van der Waals surface area contributed by atoms with Crippen LogP contribution in [0.1, 0.15) is 29.8 Å². The first-order valence-electron chi connectivity index (χ1n) is 7.39. The van der Waals surface area contributed by atoms with Gasteiger partial charge < -0.3 is 15.4 Å². The number of anilines is 1. The van der Waals surface area contributed by atoms with E-state index in [0.29, 0.717) is 24.4 Å².